The number of carbonyl (C=O) groups is 1. The van der Waals surface area contributed by atoms with Crippen LogP contribution in [0, 0.1) is 0 Å². The van der Waals surface area contributed by atoms with E-state index in [-0.39, 0.29) is 12.4 Å². The van der Waals surface area contributed by atoms with Gasteiger partial charge in [0.15, 0.2) is 5.78 Å². The van der Waals surface area contributed by atoms with Gasteiger partial charge in [-0.2, -0.15) is 0 Å². The van der Waals surface area contributed by atoms with Gasteiger partial charge >= 0.3 is 0 Å². The quantitative estimate of drug-likeness (QED) is 0.500. The second-order valence-corrected chi connectivity index (χ2v) is 1.12. The number of hydrogen-bond donors (Lipinski definition) is 1. The topological polar surface area (TPSA) is 37.3 Å². The van der Waals surface area contributed by atoms with Gasteiger partial charge in [0, 0.05) is 0 Å². The fourth-order valence-corrected chi connectivity index (χ4v) is 0.239. The molecule has 0 aromatic heterocycles. The van der Waals surface area contributed by atoms with E-state index in [4.69, 9.17) is 5.11 Å². The minimum absolute atomic E-state index is 0.248. The summed E-state index contributed by atoms with van der Waals surface area (Å²) in [6.45, 7) is 1.35. The molecule has 0 bridgehead atoms. The van der Waals surface area contributed by atoms with E-state index in [0.29, 0.717) is 0 Å². The molecule has 2 heteroatoms. The molecule has 0 unspecified atom stereocenters. The second-order valence-electron chi connectivity index (χ2n) is 1.12. The maximum Gasteiger partial charge on any atom is 0.180 e. The molecular weight excluding hydrogens is 92.1 g/mol. The number of aliphatic hydroxyl groups excluding tert-OH is 1. The molecule has 0 amide bonds. The number of aliphatic hydroxyl groups is 1. The molecule has 1 N–H and O–H groups in total. The van der Waals surface area contributed by atoms with E-state index < -0.39 is 0 Å². The van der Waals surface area contributed by atoms with Crippen LogP contribution in [0.5, 0.6) is 0 Å². The zero-order valence-corrected chi connectivity index (χ0v) is 4.22. The summed E-state index contributed by atoms with van der Waals surface area (Å²) >= 11 is 0. The van der Waals surface area contributed by atoms with E-state index in [1.165, 1.54) is 6.08 Å². The fraction of sp³-hybridized carbons (Fsp3) is 0.400. The van der Waals surface area contributed by atoms with Crippen LogP contribution >= 0.6 is 0 Å². The first-order valence-electron chi connectivity index (χ1n) is 2.07. The molecule has 0 saturated carbocycles. The standard InChI is InChI=1S/C5H8O2/c1-2-3-5(7)4-6/h2-3,6H,4H2,1H3. The lowest BCUT2D eigenvalue weighted by Gasteiger charge is -1.78. The van der Waals surface area contributed by atoms with Gasteiger partial charge in [0.25, 0.3) is 0 Å². The van der Waals surface area contributed by atoms with Crippen molar-refractivity contribution >= 4 is 5.78 Å². The number of hydrogen-bond acceptors (Lipinski definition) is 2. The third kappa shape index (κ3) is 3.19. The highest BCUT2D eigenvalue weighted by molar-refractivity contribution is 5.90. The molecule has 0 aliphatic heterocycles. The van der Waals surface area contributed by atoms with Crippen LogP contribution in [-0.4, -0.2) is 17.5 Å². The zero-order chi connectivity index (χ0) is 5.70. The lowest BCUT2D eigenvalue weighted by Crippen LogP contribution is -1.96. The van der Waals surface area contributed by atoms with E-state index in [9.17, 15) is 4.79 Å². The Bertz CT molecular complexity index is 84.1. The number of carbonyl (C=O) groups excluding carboxylic acids is 1. The van der Waals surface area contributed by atoms with Gasteiger partial charge in [-0.1, -0.05) is 6.08 Å². The first-order valence-corrected chi connectivity index (χ1v) is 2.07. The zero-order valence-electron chi connectivity index (χ0n) is 4.22. The molecule has 0 aliphatic rings. The van der Waals surface area contributed by atoms with Gasteiger partial charge in [0.1, 0.15) is 6.61 Å². The minimum Gasteiger partial charge on any atom is -0.388 e. The van der Waals surface area contributed by atoms with Crippen molar-refractivity contribution in [1.82, 2.24) is 0 Å². The van der Waals surface area contributed by atoms with E-state index in [1.807, 2.05) is 0 Å². The third-order valence-corrected chi connectivity index (χ3v) is 0.508. The molecule has 0 saturated heterocycles. The number of ketones is 1. The Morgan fingerprint density at radius 3 is 2.57 bits per heavy atom. The van der Waals surface area contributed by atoms with Crippen molar-refractivity contribution in [3.63, 3.8) is 0 Å². The van der Waals surface area contributed by atoms with Crippen LogP contribution in [0.1, 0.15) is 6.92 Å². The highest BCUT2D eigenvalue weighted by atomic mass is 16.3. The molecule has 40 valence electrons. The highest BCUT2D eigenvalue weighted by Gasteiger charge is 1.85. The van der Waals surface area contributed by atoms with Crippen molar-refractivity contribution in [2.45, 2.75) is 6.92 Å². The first kappa shape index (κ1) is 6.37. The fourth-order valence-electron chi connectivity index (χ4n) is 0.239. The van der Waals surface area contributed by atoms with E-state index in [1.54, 1.807) is 13.0 Å². The Morgan fingerprint density at radius 1 is 1.86 bits per heavy atom. The SMILES string of the molecule is CC=CC(=O)CO. The van der Waals surface area contributed by atoms with Gasteiger partial charge in [0.05, 0.1) is 0 Å². The van der Waals surface area contributed by atoms with Gasteiger partial charge < -0.3 is 5.11 Å². The average molecular weight is 100 g/mol. The van der Waals surface area contributed by atoms with Crippen molar-refractivity contribution in [1.29, 1.82) is 0 Å². The van der Waals surface area contributed by atoms with Crippen LogP contribution in [-0.2, 0) is 4.79 Å². The van der Waals surface area contributed by atoms with Gasteiger partial charge in [-0.05, 0) is 13.0 Å². The first-order chi connectivity index (χ1) is 3.31. The summed E-state index contributed by atoms with van der Waals surface area (Å²) in [6, 6.07) is 0. The molecule has 0 radical (unpaired) electrons. The number of rotatable bonds is 2. The van der Waals surface area contributed by atoms with Crippen molar-refractivity contribution in [3.05, 3.63) is 12.2 Å². The van der Waals surface area contributed by atoms with Crippen LogP contribution in [0.3, 0.4) is 0 Å². The molecule has 0 heterocycles. The Hall–Kier alpha value is -0.630. The van der Waals surface area contributed by atoms with Crippen LogP contribution in [0.25, 0.3) is 0 Å². The lowest BCUT2D eigenvalue weighted by molar-refractivity contribution is -0.117. The molecule has 0 aromatic carbocycles. The summed E-state index contributed by atoms with van der Waals surface area (Å²) in [7, 11) is 0. The summed E-state index contributed by atoms with van der Waals surface area (Å²) in [5.74, 6) is -0.248. The predicted octanol–water partition coefficient (Wildman–Crippen LogP) is 0.124. The second kappa shape index (κ2) is 3.56. The van der Waals surface area contributed by atoms with Gasteiger partial charge in [-0.3, -0.25) is 4.79 Å². The van der Waals surface area contributed by atoms with Crippen molar-refractivity contribution in [3.8, 4) is 0 Å². The largest absolute Gasteiger partial charge is 0.388 e. The molecule has 7 heavy (non-hydrogen) atoms. The van der Waals surface area contributed by atoms with Crippen molar-refractivity contribution < 1.29 is 9.90 Å². The van der Waals surface area contributed by atoms with E-state index in [0.717, 1.165) is 0 Å². The van der Waals surface area contributed by atoms with Crippen LogP contribution in [0.2, 0.25) is 0 Å². The summed E-state index contributed by atoms with van der Waals surface area (Å²) in [4.78, 5) is 10.1. The van der Waals surface area contributed by atoms with Gasteiger partial charge in [-0.25, -0.2) is 0 Å². The van der Waals surface area contributed by atoms with Crippen LogP contribution < -0.4 is 0 Å². The molecule has 0 fully saturated rings. The summed E-state index contributed by atoms with van der Waals surface area (Å²) in [5.41, 5.74) is 0. The molecule has 0 spiro atoms. The Labute approximate surface area is 42.5 Å². The smallest absolute Gasteiger partial charge is 0.180 e. The monoisotopic (exact) mass is 100 g/mol. The summed E-state index contributed by atoms with van der Waals surface area (Å²) in [5, 5.41) is 8.07. The highest BCUT2D eigenvalue weighted by Crippen LogP contribution is 1.71. The minimum atomic E-state index is -0.385. The van der Waals surface area contributed by atoms with E-state index in [2.05, 4.69) is 0 Å². The predicted molar refractivity (Wildman–Crippen MR) is 26.9 cm³/mol. The molecular formula is C5H8O2. The molecule has 0 aromatic rings. The molecule has 0 aliphatic carbocycles. The maximum absolute atomic E-state index is 10.1. The Balaban J connectivity index is 3.37. The molecule has 2 nitrogen and oxygen atoms in total. The van der Waals surface area contributed by atoms with Crippen LogP contribution in [0.15, 0.2) is 12.2 Å². The molecule has 0 rings (SSSR count). The summed E-state index contributed by atoms with van der Waals surface area (Å²) < 4.78 is 0. The molecule has 0 atom stereocenters. The lowest BCUT2D eigenvalue weighted by atomic mass is 10.4. The maximum atomic E-state index is 10.1. The third-order valence-electron chi connectivity index (χ3n) is 0.508. The van der Waals surface area contributed by atoms with Gasteiger partial charge in [0.2, 0.25) is 0 Å². The van der Waals surface area contributed by atoms with E-state index >= 15 is 0 Å². The number of allylic oxidation sites excluding steroid dienone is 1. The van der Waals surface area contributed by atoms with Crippen molar-refractivity contribution in [2.24, 2.45) is 0 Å². The van der Waals surface area contributed by atoms with Gasteiger partial charge in [-0.15, -0.1) is 0 Å². The Morgan fingerprint density at radius 2 is 2.43 bits per heavy atom. The normalized spacial score (nSPS) is 10.0. The van der Waals surface area contributed by atoms with Crippen molar-refractivity contribution in [2.75, 3.05) is 6.61 Å². The average Bonchev–Trinajstić information content (AvgIpc) is 1.68. The summed E-state index contributed by atoms with van der Waals surface area (Å²) in [6.07, 6.45) is 2.93. The Kier molecular flexibility index (Phi) is 3.24. The van der Waals surface area contributed by atoms with Crippen LogP contribution in [0.4, 0.5) is 0 Å².